The van der Waals surface area contributed by atoms with E-state index in [4.69, 9.17) is 14.2 Å². The lowest BCUT2D eigenvalue weighted by atomic mass is 10.1. The minimum atomic E-state index is 0.250. The molecule has 0 spiro atoms. The van der Waals surface area contributed by atoms with Crippen LogP contribution >= 0.6 is 0 Å². The Labute approximate surface area is 144 Å². The van der Waals surface area contributed by atoms with E-state index in [9.17, 15) is 0 Å². The van der Waals surface area contributed by atoms with E-state index in [0.29, 0.717) is 0 Å². The Hall–Kier alpha value is -1.30. The summed E-state index contributed by atoms with van der Waals surface area (Å²) in [5.41, 5.74) is 2.44. The molecule has 1 N–H and O–H groups in total. The van der Waals surface area contributed by atoms with Crippen LogP contribution < -0.4 is 14.8 Å². The lowest BCUT2D eigenvalue weighted by Gasteiger charge is -2.33. The zero-order chi connectivity index (χ0) is 16.5. The molecule has 24 heavy (non-hydrogen) atoms. The van der Waals surface area contributed by atoms with E-state index in [-0.39, 0.29) is 12.2 Å². The summed E-state index contributed by atoms with van der Waals surface area (Å²) in [5, 5.41) is 3.56. The molecule has 5 nitrogen and oxygen atoms in total. The highest BCUT2D eigenvalue weighted by atomic mass is 16.5. The SMILES string of the molecule is COc1cc(CNC[C@H]2CN(C3CC3)CCO2)c2c(c1)C[C@@H](C)O2. The van der Waals surface area contributed by atoms with Crippen LogP contribution in [0.4, 0.5) is 0 Å². The van der Waals surface area contributed by atoms with E-state index in [1.165, 1.54) is 24.0 Å². The van der Waals surface area contributed by atoms with Gasteiger partial charge in [-0.05, 0) is 31.9 Å². The average Bonchev–Trinajstić information content (AvgIpc) is 3.36. The van der Waals surface area contributed by atoms with E-state index >= 15 is 0 Å². The van der Waals surface area contributed by atoms with E-state index in [2.05, 4.69) is 29.3 Å². The van der Waals surface area contributed by atoms with Crippen LogP contribution in [0.1, 0.15) is 30.9 Å². The van der Waals surface area contributed by atoms with Crippen LogP contribution in [0.5, 0.6) is 11.5 Å². The fourth-order valence-corrected chi connectivity index (χ4v) is 3.83. The quantitative estimate of drug-likeness (QED) is 0.863. The van der Waals surface area contributed by atoms with Crippen LogP contribution in [0.15, 0.2) is 12.1 Å². The van der Waals surface area contributed by atoms with Gasteiger partial charge in [-0.25, -0.2) is 0 Å². The summed E-state index contributed by atoms with van der Waals surface area (Å²) >= 11 is 0. The first kappa shape index (κ1) is 16.2. The summed E-state index contributed by atoms with van der Waals surface area (Å²) in [7, 11) is 1.72. The molecule has 132 valence electrons. The Bertz CT molecular complexity index is 588. The second-order valence-corrected chi connectivity index (χ2v) is 7.26. The molecule has 2 fully saturated rings. The molecule has 2 atom stereocenters. The van der Waals surface area contributed by atoms with Crippen LogP contribution in [0.25, 0.3) is 0 Å². The van der Waals surface area contributed by atoms with Gasteiger partial charge in [-0.1, -0.05) is 0 Å². The van der Waals surface area contributed by atoms with Gasteiger partial charge in [-0.15, -0.1) is 0 Å². The summed E-state index contributed by atoms with van der Waals surface area (Å²) < 4.78 is 17.4. The molecular weight excluding hydrogens is 304 g/mol. The van der Waals surface area contributed by atoms with Crippen LogP contribution in [-0.2, 0) is 17.7 Å². The van der Waals surface area contributed by atoms with Crippen molar-refractivity contribution in [2.75, 3.05) is 33.4 Å². The van der Waals surface area contributed by atoms with Crippen molar-refractivity contribution in [3.63, 3.8) is 0 Å². The number of benzene rings is 1. The fourth-order valence-electron chi connectivity index (χ4n) is 3.83. The van der Waals surface area contributed by atoms with Crippen molar-refractivity contribution >= 4 is 0 Å². The molecule has 4 rings (SSSR count). The second kappa shape index (κ2) is 6.90. The minimum Gasteiger partial charge on any atom is -0.497 e. The summed E-state index contributed by atoms with van der Waals surface area (Å²) in [6.07, 6.45) is 4.23. The molecule has 3 aliphatic rings. The highest BCUT2D eigenvalue weighted by Gasteiger charge is 2.32. The van der Waals surface area contributed by atoms with Crippen molar-refractivity contribution < 1.29 is 14.2 Å². The number of nitrogens with zero attached hydrogens (tertiary/aromatic N) is 1. The molecule has 1 aliphatic carbocycles. The number of ether oxygens (including phenoxy) is 3. The smallest absolute Gasteiger partial charge is 0.127 e. The molecule has 0 radical (unpaired) electrons. The van der Waals surface area contributed by atoms with E-state index < -0.39 is 0 Å². The Morgan fingerprint density at radius 1 is 1.33 bits per heavy atom. The maximum Gasteiger partial charge on any atom is 0.127 e. The zero-order valence-corrected chi connectivity index (χ0v) is 14.7. The molecule has 1 saturated carbocycles. The van der Waals surface area contributed by atoms with Gasteiger partial charge in [0.15, 0.2) is 0 Å². The molecule has 1 aromatic carbocycles. The number of fused-ring (bicyclic) bond motifs is 1. The average molecular weight is 332 g/mol. The van der Waals surface area contributed by atoms with Gasteiger partial charge < -0.3 is 19.5 Å². The number of hydrogen-bond acceptors (Lipinski definition) is 5. The number of rotatable bonds is 6. The van der Waals surface area contributed by atoms with Gasteiger partial charge >= 0.3 is 0 Å². The maximum atomic E-state index is 6.00. The molecule has 0 unspecified atom stereocenters. The highest BCUT2D eigenvalue weighted by Crippen LogP contribution is 2.36. The first-order valence-corrected chi connectivity index (χ1v) is 9.15. The van der Waals surface area contributed by atoms with Crippen LogP contribution in [0.2, 0.25) is 0 Å². The molecule has 2 aliphatic heterocycles. The van der Waals surface area contributed by atoms with Crippen molar-refractivity contribution in [3.8, 4) is 11.5 Å². The molecule has 1 aromatic rings. The van der Waals surface area contributed by atoms with E-state index in [1.807, 2.05) is 0 Å². The molecule has 0 amide bonds. The second-order valence-electron chi connectivity index (χ2n) is 7.26. The normalized spacial score (nSPS) is 26.9. The highest BCUT2D eigenvalue weighted by molar-refractivity contribution is 5.49. The third-order valence-electron chi connectivity index (χ3n) is 5.20. The Kier molecular flexibility index (Phi) is 4.66. The Morgan fingerprint density at radius 3 is 3.00 bits per heavy atom. The van der Waals surface area contributed by atoms with E-state index in [1.54, 1.807) is 7.11 Å². The number of methoxy groups -OCH3 is 1. The lowest BCUT2D eigenvalue weighted by Crippen LogP contribution is -2.47. The van der Waals surface area contributed by atoms with Crippen molar-refractivity contribution in [1.82, 2.24) is 10.2 Å². The summed E-state index contributed by atoms with van der Waals surface area (Å²) in [4.78, 5) is 2.59. The zero-order valence-electron chi connectivity index (χ0n) is 14.7. The summed E-state index contributed by atoms with van der Waals surface area (Å²) in [5.74, 6) is 1.96. The van der Waals surface area contributed by atoms with Crippen molar-refractivity contribution in [2.45, 2.75) is 51.0 Å². The van der Waals surface area contributed by atoms with Crippen LogP contribution in [-0.4, -0.2) is 56.5 Å². The topological polar surface area (TPSA) is 43.0 Å². The Morgan fingerprint density at radius 2 is 2.21 bits per heavy atom. The molecule has 2 heterocycles. The lowest BCUT2D eigenvalue weighted by molar-refractivity contribution is -0.0301. The molecule has 5 heteroatoms. The summed E-state index contributed by atoms with van der Waals surface area (Å²) in [6.45, 7) is 6.79. The molecule has 0 bridgehead atoms. The van der Waals surface area contributed by atoms with Gasteiger partial charge in [-0.2, -0.15) is 0 Å². The molecule has 0 aromatic heterocycles. The number of morpholine rings is 1. The maximum absolute atomic E-state index is 6.00. The van der Waals surface area contributed by atoms with Crippen molar-refractivity contribution in [2.24, 2.45) is 0 Å². The third kappa shape index (κ3) is 3.53. The Balaban J connectivity index is 1.35. The minimum absolute atomic E-state index is 0.250. The number of hydrogen-bond donors (Lipinski definition) is 1. The van der Waals surface area contributed by atoms with E-state index in [0.717, 1.165) is 56.7 Å². The predicted octanol–water partition coefficient (Wildman–Crippen LogP) is 1.97. The molecule has 1 saturated heterocycles. The first-order chi connectivity index (χ1) is 11.7. The summed E-state index contributed by atoms with van der Waals surface area (Å²) in [6, 6.07) is 5.01. The van der Waals surface area contributed by atoms with Crippen LogP contribution in [0, 0.1) is 0 Å². The van der Waals surface area contributed by atoms with Gasteiger partial charge in [0.1, 0.15) is 17.6 Å². The van der Waals surface area contributed by atoms with Crippen molar-refractivity contribution in [3.05, 3.63) is 23.3 Å². The largest absolute Gasteiger partial charge is 0.497 e. The van der Waals surface area contributed by atoms with Gasteiger partial charge in [0, 0.05) is 49.8 Å². The molecular formula is C19H28N2O3. The van der Waals surface area contributed by atoms with Gasteiger partial charge in [0.25, 0.3) is 0 Å². The predicted molar refractivity (Wildman–Crippen MR) is 92.8 cm³/mol. The third-order valence-corrected chi connectivity index (χ3v) is 5.20. The first-order valence-electron chi connectivity index (χ1n) is 9.15. The fraction of sp³-hybridized carbons (Fsp3) is 0.684. The van der Waals surface area contributed by atoms with Gasteiger partial charge in [-0.3, -0.25) is 4.90 Å². The van der Waals surface area contributed by atoms with Crippen molar-refractivity contribution in [1.29, 1.82) is 0 Å². The standard InChI is InChI=1S/C19H28N2O3/c1-13-7-14-8-17(22-2)9-15(19(14)24-13)10-20-11-18-12-21(5-6-23-18)16-3-4-16/h8-9,13,16,18,20H,3-7,10-12H2,1-2H3/t13-,18+/m1/s1. The van der Waals surface area contributed by atoms with Crippen LogP contribution in [0.3, 0.4) is 0 Å². The number of nitrogens with one attached hydrogen (secondary N) is 1. The van der Waals surface area contributed by atoms with Gasteiger partial charge in [0.2, 0.25) is 0 Å². The van der Waals surface area contributed by atoms with Gasteiger partial charge in [0.05, 0.1) is 19.8 Å². The monoisotopic (exact) mass is 332 g/mol.